The molecule has 1 heterocycles. The fourth-order valence-corrected chi connectivity index (χ4v) is 3.70. The van der Waals surface area contributed by atoms with Crippen molar-refractivity contribution in [1.29, 1.82) is 0 Å². The first-order valence-corrected chi connectivity index (χ1v) is 11.3. The normalized spacial score (nSPS) is 15.0. The third kappa shape index (κ3) is 5.24. The average Bonchev–Trinajstić information content (AvgIpc) is 3.12. The van der Waals surface area contributed by atoms with E-state index in [4.69, 9.17) is 4.74 Å². The van der Waals surface area contributed by atoms with Gasteiger partial charge in [-0.05, 0) is 61.9 Å². The lowest BCUT2D eigenvalue weighted by Gasteiger charge is -2.16. The molecule has 158 valence electrons. The van der Waals surface area contributed by atoms with Crippen molar-refractivity contribution in [3.63, 3.8) is 0 Å². The average molecular weight is 430 g/mol. The molecule has 0 aromatic heterocycles. The number of carbonyl (C=O) groups is 3. The van der Waals surface area contributed by atoms with Gasteiger partial charge in [0, 0.05) is 29.9 Å². The minimum atomic E-state index is -3.41. The van der Waals surface area contributed by atoms with Gasteiger partial charge in [0.15, 0.2) is 6.10 Å². The number of nitrogens with zero attached hydrogens (tertiary/aromatic N) is 1. The zero-order chi connectivity index (χ0) is 21.9. The van der Waals surface area contributed by atoms with Crippen LogP contribution in [0.25, 0.3) is 0 Å². The topological polar surface area (TPSA) is 110 Å². The molecule has 0 spiro atoms. The summed E-state index contributed by atoms with van der Waals surface area (Å²) in [7, 11) is -3.41. The summed E-state index contributed by atoms with van der Waals surface area (Å²) in [6.07, 6.45) is 1.34. The minimum Gasteiger partial charge on any atom is -0.451 e. The molecule has 1 aliphatic rings. The molecule has 0 bridgehead atoms. The van der Waals surface area contributed by atoms with Crippen molar-refractivity contribution in [3.05, 3.63) is 59.7 Å². The number of sulfonamides is 1. The molecule has 1 fully saturated rings. The summed E-state index contributed by atoms with van der Waals surface area (Å²) in [5, 5.41) is 0. The molecule has 3 rings (SSSR count). The molecule has 8 nitrogen and oxygen atoms in total. The van der Waals surface area contributed by atoms with E-state index in [1.165, 1.54) is 31.2 Å². The fourth-order valence-electron chi connectivity index (χ4n) is 3.13. The molecule has 2 aromatic carbocycles. The quantitative estimate of drug-likeness (QED) is 0.534. The van der Waals surface area contributed by atoms with Gasteiger partial charge in [0.25, 0.3) is 0 Å². The van der Waals surface area contributed by atoms with Gasteiger partial charge in [-0.2, -0.15) is 0 Å². The van der Waals surface area contributed by atoms with Gasteiger partial charge in [-0.3, -0.25) is 14.3 Å². The SMILES string of the molecule is C[C@@H](OC(=O)c1ccc(N2CCCC2=O)cc1)C(=O)c1ccc(NS(C)(=O)=O)cc1. The molecule has 1 atom stereocenters. The molecule has 0 unspecified atom stereocenters. The van der Waals surface area contributed by atoms with Crippen LogP contribution >= 0.6 is 0 Å². The first-order chi connectivity index (χ1) is 14.1. The van der Waals surface area contributed by atoms with E-state index < -0.39 is 27.9 Å². The summed E-state index contributed by atoms with van der Waals surface area (Å²) in [5.74, 6) is -0.999. The second-order valence-corrected chi connectivity index (χ2v) is 8.81. The number of benzene rings is 2. The highest BCUT2D eigenvalue weighted by Crippen LogP contribution is 2.22. The predicted molar refractivity (Wildman–Crippen MR) is 112 cm³/mol. The number of ketones is 1. The Kier molecular flexibility index (Phi) is 6.21. The van der Waals surface area contributed by atoms with Crippen LogP contribution in [0.5, 0.6) is 0 Å². The van der Waals surface area contributed by atoms with Crippen LogP contribution in [0.1, 0.15) is 40.5 Å². The van der Waals surface area contributed by atoms with Crippen LogP contribution in [0, 0.1) is 0 Å². The van der Waals surface area contributed by atoms with Crippen LogP contribution in [0.2, 0.25) is 0 Å². The van der Waals surface area contributed by atoms with Gasteiger partial charge in [-0.25, -0.2) is 13.2 Å². The number of nitrogens with one attached hydrogen (secondary N) is 1. The monoisotopic (exact) mass is 430 g/mol. The van der Waals surface area contributed by atoms with E-state index in [2.05, 4.69) is 4.72 Å². The van der Waals surface area contributed by atoms with Gasteiger partial charge < -0.3 is 9.64 Å². The minimum absolute atomic E-state index is 0.0577. The Balaban J connectivity index is 1.62. The van der Waals surface area contributed by atoms with Gasteiger partial charge in [0.1, 0.15) is 0 Å². The van der Waals surface area contributed by atoms with Crippen molar-refractivity contribution < 1.29 is 27.5 Å². The van der Waals surface area contributed by atoms with Gasteiger partial charge in [0.2, 0.25) is 21.7 Å². The molecule has 0 saturated carbocycles. The lowest BCUT2D eigenvalue weighted by molar-refractivity contribution is -0.117. The highest BCUT2D eigenvalue weighted by atomic mass is 32.2. The van der Waals surface area contributed by atoms with Crippen LogP contribution in [-0.2, 0) is 19.6 Å². The van der Waals surface area contributed by atoms with Crippen LogP contribution in [-0.4, -0.2) is 45.0 Å². The molecule has 1 aliphatic heterocycles. The Bertz CT molecular complexity index is 1060. The maximum Gasteiger partial charge on any atom is 0.338 e. The number of amides is 1. The van der Waals surface area contributed by atoms with E-state index in [-0.39, 0.29) is 17.0 Å². The summed E-state index contributed by atoms with van der Waals surface area (Å²) >= 11 is 0. The molecular weight excluding hydrogens is 408 g/mol. The first kappa shape index (κ1) is 21.5. The lowest BCUT2D eigenvalue weighted by Crippen LogP contribution is -2.25. The molecule has 30 heavy (non-hydrogen) atoms. The number of anilines is 2. The third-order valence-electron chi connectivity index (χ3n) is 4.61. The zero-order valence-corrected chi connectivity index (χ0v) is 17.4. The summed E-state index contributed by atoms with van der Waals surface area (Å²) in [6, 6.07) is 12.3. The number of ether oxygens (including phenoxy) is 1. The number of esters is 1. The number of carbonyl (C=O) groups excluding carboxylic acids is 3. The second-order valence-electron chi connectivity index (χ2n) is 7.06. The molecule has 0 radical (unpaired) electrons. The van der Waals surface area contributed by atoms with Crippen LogP contribution in [0.4, 0.5) is 11.4 Å². The molecule has 2 aromatic rings. The number of rotatable bonds is 7. The molecular formula is C21H22N2O6S. The highest BCUT2D eigenvalue weighted by molar-refractivity contribution is 7.92. The van der Waals surface area contributed by atoms with Crippen molar-refractivity contribution >= 4 is 39.1 Å². The standard InChI is InChI=1S/C21H22N2O6S/c1-14(20(25)15-5-9-17(10-6-15)22-30(2,27)28)29-21(26)16-7-11-18(12-8-16)23-13-3-4-19(23)24/h5-12,14,22H,3-4,13H2,1-2H3/t14-/m1/s1. The van der Waals surface area contributed by atoms with Crippen LogP contribution < -0.4 is 9.62 Å². The molecule has 1 amide bonds. The van der Waals surface area contributed by atoms with E-state index in [0.29, 0.717) is 18.7 Å². The second kappa shape index (κ2) is 8.66. The first-order valence-electron chi connectivity index (χ1n) is 9.37. The largest absolute Gasteiger partial charge is 0.451 e. The maximum absolute atomic E-state index is 12.5. The van der Waals surface area contributed by atoms with E-state index in [9.17, 15) is 22.8 Å². The van der Waals surface area contributed by atoms with Crippen molar-refractivity contribution in [2.24, 2.45) is 0 Å². The van der Waals surface area contributed by atoms with Gasteiger partial charge in [-0.15, -0.1) is 0 Å². The van der Waals surface area contributed by atoms with E-state index in [0.717, 1.165) is 18.4 Å². The van der Waals surface area contributed by atoms with Crippen LogP contribution in [0.15, 0.2) is 48.5 Å². The van der Waals surface area contributed by atoms with Crippen LogP contribution in [0.3, 0.4) is 0 Å². The lowest BCUT2D eigenvalue weighted by atomic mass is 10.1. The summed E-state index contributed by atoms with van der Waals surface area (Å²) in [4.78, 5) is 38.4. The van der Waals surface area contributed by atoms with Crippen molar-refractivity contribution in [1.82, 2.24) is 0 Å². The smallest absolute Gasteiger partial charge is 0.338 e. The number of Topliss-reactive ketones (excluding diaryl/α,β-unsaturated/α-hetero) is 1. The van der Waals surface area contributed by atoms with E-state index in [1.807, 2.05) is 0 Å². The van der Waals surface area contributed by atoms with Gasteiger partial charge in [-0.1, -0.05) is 0 Å². The Labute approximate surface area is 174 Å². The summed E-state index contributed by atoms with van der Waals surface area (Å²) in [5.41, 5.74) is 1.62. The molecule has 1 N–H and O–H groups in total. The zero-order valence-electron chi connectivity index (χ0n) is 16.6. The molecule has 9 heteroatoms. The summed E-state index contributed by atoms with van der Waals surface area (Å²) in [6.45, 7) is 2.13. The number of hydrogen-bond donors (Lipinski definition) is 1. The molecule has 0 aliphatic carbocycles. The maximum atomic E-state index is 12.5. The Hall–Kier alpha value is -3.20. The van der Waals surface area contributed by atoms with Gasteiger partial charge in [0.05, 0.1) is 11.8 Å². The molecule has 1 saturated heterocycles. The predicted octanol–water partition coefficient (Wildman–Crippen LogP) is 2.61. The van der Waals surface area contributed by atoms with Crippen molar-refractivity contribution in [3.8, 4) is 0 Å². The Morgan fingerprint density at radius 3 is 2.17 bits per heavy atom. The summed E-state index contributed by atoms with van der Waals surface area (Å²) < 4.78 is 30.1. The Morgan fingerprint density at radius 2 is 1.63 bits per heavy atom. The van der Waals surface area contributed by atoms with E-state index in [1.54, 1.807) is 29.2 Å². The van der Waals surface area contributed by atoms with Crippen molar-refractivity contribution in [2.75, 3.05) is 22.4 Å². The number of hydrogen-bond acceptors (Lipinski definition) is 6. The van der Waals surface area contributed by atoms with Gasteiger partial charge >= 0.3 is 5.97 Å². The van der Waals surface area contributed by atoms with Crippen molar-refractivity contribution in [2.45, 2.75) is 25.9 Å². The third-order valence-corrected chi connectivity index (χ3v) is 5.22. The fraction of sp³-hybridized carbons (Fsp3) is 0.286. The Morgan fingerprint density at radius 1 is 1.03 bits per heavy atom. The highest BCUT2D eigenvalue weighted by Gasteiger charge is 2.23. The van der Waals surface area contributed by atoms with E-state index >= 15 is 0 Å².